The lowest BCUT2D eigenvalue weighted by atomic mass is 9.96. The summed E-state index contributed by atoms with van der Waals surface area (Å²) >= 11 is 0. The van der Waals surface area contributed by atoms with E-state index in [0.29, 0.717) is 17.6 Å². The van der Waals surface area contributed by atoms with E-state index in [1.807, 2.05) is 0 Å². The Hall–Kier alpha value is -10.6. The molecule has 0 aliphatic heterocycles. The first kappa shape index (κ1) is 42.6. The van der Waals surface area contributed by atoms with Crippen molar-refractivity contribution in [2.45, 2.75) is 5.92 Å². The zero-order valence-electron chi connectivity index (χ0n) is 42.5. The molecule has 366 valence electrons. The van der Waals surface area contributed by atoms with Crippen LogP contribution >= 0.6 is 0 Å². The summed E-state index contributed by atoms with van der Waals surface area (Å²) in [5.41, 5.74) is 16.9. The average Bonchev–Trinajstić information content (AvgIpc) is 3.41. The van der Waals surface area contributed by atoms with Crippen molar-refractivity contribution in [1.29, 1.82) is 0 Å². The van der Waals surface area contributed by atoms with Gasteiger partial charge in [0, 0.05) is 59.7 Å². The van der Waals surface area contributed by atoms with Gasteiger partial charge in [-0.2, -0.15) is 9.97 Å². The van der Waals surface area contributed by atoms with E-state index in [1.165, 1.54) is 60.2 Å². The lowest BCUT2D eigenvalue weighted by Gasteiger charge is -2.16. The standard InChI is InChI=1S/C72H43N7/c1-3-27-54-45(19-1)46-20-2-4-28-55(46)67(54)70-73-69(74-72(75-70)79-63-34-16-8-24-51(63)52-25-9-17-35-64(52)79)43-37-39-47-48-21-5-14-32-61(48)77-65-36-18-11-29-56(65)68-58-42-44(76-59-30-12-6-22-49(59)50-23-7-13-31-60(50)76)38-40-66(58)78(71(68)77)62-33-15-10-26-53(62)57(47)41-43/h1-42,67H. The number of nitrogens with zero attached hydrogens (tertiary/aromatic N) is 7. The Kier molecular flexibility index (Phi) is 8.60. The Balaban J connectivity index is 0.963. The topological polar surface area (TPSA) is 57.4 Å². The highest BCUT2D eigenvalue weighted by atomic mass is 15.2. The van der Waals surface area contributed by atoms with Crippen molar-refractivity contribution in [3.63, 3.8) is 0 Å². The number of hydrogen-bond donors (Lipinski definition) is 0. The van der Waals surface area contributed by atoms with E-state index in [2.05, 4.69) is 273 Å². The fourth-order valence-electron chi connectivity index (χ4n) is 13.8. The van der Waals surface area contributed by atoms with Gasteiger partial charge in [0.05, 0.1) is 50.1 Å². The molecule has 0 unspecified atom stereocenters. The highest BCUT2D eigenvalue weighted by Crippen LogP contribution is 2.48. The summed E-state index contributed by atoms with van der Waals surface area (Å²) in [4.78, 5) is 16.7. The molecule has 7 heteroatoms. The van der Waals surface area contributed by atoms with E-state index in [1.54, 1.807) is 0 Å². The predicted molar refractivity (Wildman–Crippen MR) is 325 cm³/mol. The molecule has 0 saturated heterocycles. The molecule has 0 N–H and O–H groups in total. The highest BCUT2D eigenvalue weighted by Gasteiger charge is 2.33. The number of fused-ring (bicyclic) bond motifs is 22. The van der Waals surface area contributed by atoms with E-state index in [-0.39, 0.29) is 5.92 Å². The SMILES string of the molecule is c1ccc2c(c1)-c1ccccc1C2c1nc(-c2ccc3c(c2)c2ccccc2n2c4ccc(-n5c6ccccc6c6ccccc65)cc4c4c5ccccc5n(c5ccccc35)c42)nc(-n2c3ccccc3c3ccccc32)n1. The van der Waals surface area contributed by atoms with Crippen molar-refractivity contribution in [2.75, 3.05) is 0 Å². The first-order valence-corrected chi connectivity index (χ1v) is 27.1. The smallest absolute Gasteiger partial charge is 0.238 e. The van der Waals surface area contributed by atoms with Gasteiger partial charge in [-0.05, 0) is 99.8 Å². The molecule has 0 spiro atoms. The minimum atomic E-state index is -0.203. The van der Waals surface area contributed by atoms with Crippen LogP contribution in [0.2, 0.25) is 0 Å². The third-order valence-electron chi connectivity index (χ3n) is 17.1. The molecule has 0 amide bonds. The maximum Gasteiger partial charge on any atom is 0.238 e. The van der Waals surface area contributed by atoms with Crippen LogP contribution in [0, 0.1) is 0 Å². The molecule has 17 aromatic rings. The molecule has 0 fully saturated rings. The maximum atomic E-state index is 5.61. The van der Waals surface area contributed by atoms with Crippen LogP contribution in [0.25, 0.3) is 143 Å². The third kappa shape index (κ3) is 5.82. The molecule has 79 heavy (non-hydrogen) atoms. The van der Waals surface area contributed by atoms with Crippen LogP contribution in [0.5, 0.6) is 0 Å². The van der Waals surface area contributed by atoms with Crippen LogP contribution in [0.4, 0.5) is 0 Å². The molecule has 0 radical (unpaired) electrons. The van der Waals surface area contributed by atoms with Gasteiger partial charge < -0.3 is 4.57 Å². The third-order valence-corrected chi connectivity index (χ3v) is 17.1. The van der Waals surface area contributed by atoms with Crippen LogP contribution in [-0.2, 0) is 0 Å². The van der Waals surface area contributed by atoms with Gasteiger partial charge >= 0.3 is 0 Å². The first-order chi connectivity index (χ1) is 39.2. The molecule has 6 aromatic heterocycles. The van der Waals surface area contributed by atoms with Crippen molar-refractivity contribution in [3.05, 3.63) is 272 Å². The van der Waals surface area contributed by atoms with Gasteiger partial charge in [-0.15, -0.1) is 0 Å². The first-order valence-electron chi connectivity index (χ1n) is 27.1. The van der Waals surface area contributed by atoms with Crippen LogP contribution in [0.3, 0.4) is 0 Å². The summed E-state index contributed by atoms with van der Waals surface area (Å²) in [6.45, 7) is 0. The minimum Gasteiger partial charge on any atom is -0.309 e. The number of para-hydroxylation sites is 7. The van der Waals surface area contributed by atoms with Crippen LogP contribution in [0.1, 0.15) is 22.9 Å². The molecular weight excluding hydrogens is 963 g/mol. The normalized spacial score (nSPS) is 12.8. The average molecular weight is 1010 g/mol. The van der Waals surface area contributed by atoms with Gasteiger partial charge in [-0.3, -0.25) is 13.4 Å². The number of aromatic nitrogens is 7. The van der Waals surface area contributed by atoms with Crippen molar-refractivity contribution >= 4 is 109 Å². The van der Waals surface area contributed by atoms with Gasteiger partial charge in [0.15, 0.2) is 5.82 Å². The fraction of sp³-hybridized carbons (Fsp3) is 0.0139. The molecule has 0 saturated carbocycles. The van der Waals surface area contributed by atoms with Crippen LogP contribution in [-0.4, -0.2) is 32.9 Å². The molecule has 0 bridgehead atoms. The van der Waals surface area contributed by atoms with Gasteiger partial charge in [0.25, 0.3) is 0 Å². The molecule has 7 nitrogen and oxygen atoms in total. The highest BCUT2D eigenvalue weighted by molar-refractivity contribution is 6.25. The van der Waals surface area contributed by atoms with Gasteiger partial charge in [-0.25, -0.2) is 4.98 Å². The second-order valence-corrected chi connectivity index (χ2v) is 21.0. The molecular formula is C72H43N7. The summed E-state index contributed by atoms with van der Waals surface area (Å²) < 4.78 is 9.68. The van der Waals surface area contributed by atoms with E-state index < -0.39 is 0 Å². The molecule has 18 rings (SSSR count). The predicted octanol–water partition coefficient (Wildman–Crippen LogP) is 17.7. The van der Waals surface area contributed by atoms with Gasteiger partial charge in [0.1, 0.15) is 11.5 Å². The second kappa shape index (κ2) is 16.0. The Morgan fingerprint density at radius 2 is 0.722 bits per heavy atom. The maximum absolute atomic E-state index is 5.61. The Bertz CT molecular complexity index is 5380. The summed E-state index contributed by atoms with van der Waals surface area (Å²) in [5.74, 6) is 1.70. The Labute approximate surface area is 451 Å². The largest absolute Gasteiger partial charge is 0.309 e. The van der Waals surface area contributed by atoms with Crippen LogP contribution in [0.15, 0.2) is 255 Å². The summed E-state index contributed by atoms with van der Waals surface area (Å²) in [6.07, 6.45) is 0. The second-order valence-electron chi connectivity index (χ2n) is 21.0. The van der Waals surface area contributed by atoms with Crippen molar-refractivity contribution in [1.82, 2.24) is 32.9 Å². The molecule has 6 heterocycles. The summed E-state index contributed by atoms with van der Waals surface area (Å²) in [5, 5.41) is 12.9. The van der Waals surface area contributed by atoms with Crippen molar-refractivity contribution in [3.8, 4) is 34.2 Å². The van der Waals surface area contributed by atoms with Crippen LogP contribution < -0.4 is 0 Å². The van der Waals surface area contributed by atoms with E-state index in [4.69, 9.17) is 15.0 Å². The fourth-order valence-corrected chi connectivity index (χ4v) is 13.8. The number of rotatable bonds is 4. The van der Waals surface area contributed by atoms with E-state index >= 15 is 0 Å². The van der Waals surface area contributed by atoms with Gasteiger partial charge in [-0.1, -0.05) is 188 Å². The zero-order valence-corrected chi connectivity index (χ0v) is 42.5. The molecule has 1 aliphatic carbocycles. The summed E-state index contributed by atoms with van der Waals surface area (Å²) in [7, 11) is 0. The Morgan fingerprint density at radius 3 is 1.28 bits per heavy atom. The quantitative estimate of drug-likeness (QED) is 0.177. The van der Waals surface area contributed by atoms with Gasteiger partial charge in [0.2, 0.25) is 5.95 Å². The number of benzene rings is 11. The summed E-state index contributed by atoms with van der Waals surface area (Å²) in [6, 6.07) is 92.8. The Morgan fingerprint density at radius 1 is 0.291 bits per heavy atom. The minimum absolute atomic E-state index is 0.203. The van der Waals surface area contributed by atoms with E-state index in [9.17, 15) is 0 Å². The lowest BCUT2D eigenvalue weighted by Crippen LogP contribution is -2.12. The number of hydrogen-bond acceptors (Lipinski definition) is 3. The van der Waals surface area contributed by atoms with Crippen molar-refractivity contribution < 1.29 is 0 Å². The molecule has 1 aliphatic rings. The zero-order chi connectivity index (χ0) is 51.4. The molecule has 11 aromatic carbocycles. The monoisotopic (exact) mass is 1010 g/mol. The van der Waals surface area contributed by atoms with Crippen molar-refractivity contribution in [2.24, 2.45) is 0 Å². The van der Waals surface area contributed by atoms with E-state index in [0.717, 1.165) is 82.3 Å². The lowest BCUT2D eigenvalue weighted by molar-refractivity contribution is 0.823. The molecule has 0 atom stereocenters.